The number of hydrogen-bond acceptors (Lipinski definition) is 2. The number of likely N-dealkylation sites (tertiary alicyclic amines) is 1. The Labute approximate surface area is 128 Å². The zero-order valence-electron chi connectivity index (χ0n) is 13.1. The van der Waals surface area contributed by atoms with Crippen LogP contribution >= 0.6 is 0 Å². The molecule has 0 aromatic heterocycles. The molecule has 4 rings (SSSR count). The van der Waals surface area contributed by atoms with Crippen molar-refractivity contribution in [2.75, 3.05) is 31.5 Å². The number of para-hydroxylation sites is 1. The van der Waals surface area contributed by atoms with Crippen LogP contribution in [0.2, 0.25) is 0 Å². The van der Waals surface area contributed by atoms with Gasteiger partial charge in [-0.25, -0.2) is 0 Å². The molecule has 3 aliphatic rings. The van der Waals surface area contributed by atoms with Gasteiger partial charge in [0.05, 0.1) is 0 Å². The van der Waals surface area contributed by atoms with E-state index in [9.17, 15) is 0 Å². The normalized spacial score (nSPS) is 25.7. The Morgan fingerprint density at radius 2 is 1.81 bits per heavy atom. The Morgan fingerprint density at radius 1 is 1.05 bits per heavy atom. The van der Waals surface area contributed by atoms with E-state index in [1.807, 2.05) is 0 Å². The maximum Gasteiger partial charge on any atom is 0.0379 e. The Morgan fingerprint density at radius 3 is 2.62 bits per heavy atom. The SMILES string of the molecule is c1ccc2c(c1)NCC21CCN(CC2CCCCC2)CC1. The van der Waals surface area contributed by atoms with Crippen LogP contribution in [0, 0.1) is 5.92 Å². The quantitative estimate of drug-likeness (QED) is 0.882. The fraction of sp³-hybridized carbons (Fsp3) is 0.684. The Kier molecular flexibility index (Phi) is 3.66. The van der Waals surface area contributed by atoms with Gasteiger partial charge in [-0.3, -0.25) is 0 Å². The first-order valence-electron chi connectivity index (χ1n) is 8.91. The van der Waals surface area contributed by atoms with Crippen molar-refractivity contribution in [1.82, 2.24) is 4.90 Å². The number of rotatable bonds is 2. The fourth-order valence-corrected chi connectivity index (χ4v) is 4.80. The lowest BCUT2D eigenvalue weighted by Gasteiger charge is -2.41. The molecule has 0 bridgehead atoms. The Balaban J connectivity index is 1.39. The molecule has 1 aliphatic carbocycles. The molecule has 0 radical (unpaired) electrons. The molecule has 114 valence electrons. The van der Waals surface area contributed by atoms with Crippen LogP contribution in [-0.2, 0) is 5.41 Å². The molecule has 1 N–H and O–H groups in total. The summed E-state index contributed by atoms with van der Waals surface area (Å²) in [4.78, 5) is 2.75. The number of nitrogens with one attached hydrogen (secondary N) is 1. The Bertz CT molecular complexity index is 482. The molecule has 1 aromatic rings. The van der Waals surface area contributed by atoms with Crippen LogP contribution in [0.5, 0.6) is 0 Å². The van der Waals surface area contributed by atoms with E-state index in [4.69, 9.17) is 0 Å². The molecule has 0 amide bonds. The van der Waals surface area contributed by atoms with E-state index in [1.165, 1.54) is 70.3 Å². The lowest BCUT2D eigenvalue weighted by atomic mass is 9.74. The van der Waals surface area contributed by atoms with Crippen LogP contribution in [0.1, 0.15) is 50.5 Å². The van der Waals surface area contributed by atoms with Crippen LogP contribution in [0.4, 0.5) is 5.69 Å². The topological polar surface area (TPSA) is 15.3 Å². The van der Waals surface area contributed by atoms with Gasteiger partial charge in [0.1, 0.15) is 0 Å². The van der Waals surface area contributed by atoms with Crippen LogP contribution in [0.25, 0.3) is 0 Å². The summed E-state index contributed by atoms with van der Waals surface area (Å²) >= 11 is 0. The van der Waals surface area contributed by atoms with E-state index in [0.29, 0.717) is 5.41 Å². The minimum absolute atomic E-state index is 0.430. The van der Waals surface area contributed by atoms with Gasteiger partial charge in [0.15, 0.2) is 0 Å². The summed E-state index contributed by atoms with van der Waals surface area (Å²) in [6.45, 7) is 5.12. The van der Waals surface area contributed by atoms with Gasteiger partial charge in [-0.15, -0.1) is 0 Å². The zero-order valence-corrected chi connectivity index (χ0v) is 13.1. The van der Waals surface area contributed by atoms with Crippen molar-refractivity contribution in [3.63, 3.8) is 0 Å². The average Bonchev–Trinajstić information content (AvgIpc) is 2.90. The molecule has 2 heterocycles. The van der Waals surface area contributed by atoms with Gasteiger partial charge in [-0.05, 0) is 56.3 Å². The second-order valence-electron chi connectivity index (χ2n) is 7.48. The highest BCUT2D eigenvalue weighted by molar-refractivity contribution is 5.60. The van der Waals surface area contributed by atoms with E-state index in [0.717, 1.165) is 12.5 Å². The van der Waals surface area contributed by atoms with Gasteiger partial charge in [-0.1, -0.05) is 37.5 Å². The van der Waals surface area contributed by atoms with Crippen molar-refractivity contribution in [1.29, 1.82) is 0 Å². The zero-order chi connectivity index (χ0) is 14.1. The lowest BCUT2D eigenvalue weighted by Crippen LogP contribution is -2.45. The van der Waals surface area contributed by atoms with Crippen molar-refractivity contribution in [2.45, 2.75) is 50.4 Å². The minimum atomic E-state index is 0.430. The van der Waals surface area contributed by atoms with Crippen LogP contribution in [0.15, 0.2) is 24.3 Å². The predicted octanol–water partition coefficient (Wildman–Crippen LogP) is 4.03. The summed E-state index contributed by atoms with van der Waals surface area (Å²) in [6.07, 6.45) is 10.0. The first-order valence-corrected chi connectivity index (χ1v) is 8.91. The van der Waals surface area contributed by atoms with Crippen LogP contribution in [0.3, 0.4) is 0 Å². The summed E-state index contributed by atoms with van der Waals surface area (Å²) in [5.74, 6) is 0.988. The summed E-state index contributed by atoms with van der Waals surface area (Å²) in [7, 11) is 0. The average molecular weight is 284 g/mol. The summed E-state index contributed by atoms with van der Waals surface area (Å²) in [5, 5.41) is 3.64. The van der Waals surface area contributed by atoms with Gasteiger partial charge >= 0.3 is 0 Å². The van der Waals surface area contributed by atoms with E-state index < -0.39 is 0 Å². The standard InChI is InChI=1S/C19H28N2/c1-2-6-16(7-3-1)14-21-12-10-19(11-13-21)15-20-18-9-5-4-8-17(18)19/h4-5,8-9,16,20H,1-3,6-7,10-15H2. The van der Waals surface area contributed by atoms with Gasteiger partial charge in [-0.2, -0.15) is 0 Å². The molecule has 2 aliphatic heterocycles. The smallest absolute Gasteiger partial charge is 0.0379 e. The van der Waals surface area contributed by atoms with E-state index in [2.05, 4.69) is 34.5 Å². The summed E-state index contributed by atoms with van der Waals surface area (Å²) in [5.41, 5.74) is 3.40. The lowest BCUT2D eigenvalue weighted by molar-refractivity contribution is 0.135. The van der Waals surface area contributed by atoms with Gasteiger partial charge in [0.2, 0.25) is 0 Å². The largest absolute Gasteiger partial charge is 0.384 e. The van der Waals surface area contributed by atoms with Crippen LogP contribution in [-0.4, -0.2) is 31.1 Å². The van der Waals surface area contributed by atoms with Crippen molar-refractivity contribution < 1.29 is 0 Å². The molecule has 2 heteroatoms. The molecule has 0 atom stereocenters. The molecular weight excluding hydrogens is 256 g/mol. The molecule has 21 heavy (non-hydrogen) atoms. The van der Waals surface area contributed by atoms with Crippen molar-refractivity contribution >= 4 is 5.69 Å². The number of nitrogens with zero attached hydrogens (tertiary/aromatic N) is 1. The highest BCUT2D eigenvalue weighted by atomic mass is 15.1. The molecular formula is C19H28N2. The van der Waals surface area contributed by atoms with Gasteiger partial charge in [0.25, 0.3) is 0 Å². The number of hydrogen-bond donors (Lipinski definition) is 1. The first kappa shape index (κ1) is 13.6. The minimum Gasteiger partial charge on any atom is -0.384 e. The molecule has 2 nitrogen and oxygen atoms in total. The van der Waals surface area contributed by atoms with Gasteiger partial charge < -0.3 is 10.2 Å². The molecule has 1 aromatic carbocycles. The van der Waals surface area contributed by atoms with E-state index in [1.54, 1.807) is 5.56 Å². The summed E-state index contributed by atoms with van der Waals surface area (Å²) in [6, 6.07) is 8.97. The summed E-state index contributed by atoms with van der Waals surface area (Å²) < 4.78 is 0. The highest BCUT2D eigenvalue weighted by Gasteiger charge is 2.41. The molecule has 0 unspecified atom stereocenters. The Hall–Kier alpha value is -1.02. The predicted molar refractivity (Wildman–Crippen MR) is 88.9 cm³/mol. The number of benzene rings is 1. The third-order valence-electron chi connectivity index (χ3n) is 6.17. The van der Waals surface area contributed by atoms with E-state index >= 15 is 0 Å². The third kappa shape index (κ3) is 2.59. The van der Waals surface area contributed by atoms with Crippen molar-refractivity contribution in [2.24, 2.45) is 5.92 Å². The first-order chi connectivity index (χ1) is 10.4. The van der Waals surface area contributed by atoms with Crippen molar-refractivity contribution in [3.05, 3.63) is 29.8 Å². The molecule has 2 fully saturated rings. The van der Waals surface area contributed by atoms with Crippen molar-refractivity contribution in [3.8, 4) is 0 Å². The van der Waals surface area contributed by atoms with E-state index in [-0.39, 0.29) is 0 Å². The molecule has 1 spiro atoms. The third-order valence-corrected chi connectivity index (χ3v) is 6.17. The second kappa shape index (κ2) is 5.64. The van der Waals surface area contributed by atoms with Crippen LogP contribution < -0.4 is 5.32 Å². The highest BCUT2D eigenvalue weighted by Crippen LogP contribution is 2.44. The maximum absolute atomic E-state index is 3.64. The number of piperidine rings is 1. The molecule has 1 saturated heterocycles. The number of fused-ring (bicyclic) bond motifs is 2. The monoisotopic (exact) mass is 284 g/mol. The number of anilines is 1. The second-order valence-corrected chi connectivity index (χ2v) is 7.48. The molecule has 1 saturated carbocycles. The maximum atomic E-state index is 3.64. The fourth-order valence-electron chi connectivity index (χ4n) is 4.80. The van der Waals surface area contributed by atoms with Gasteiger partial charge in [0, 0.05) is 24.2 Å².